The zero-order valence-electron chi connectivity index (χ0n) is 27.8. The van der Waals surface area contributed by atoms with Crippen LogP contribution >= 0.6 is 0 Å². The van der Waals surface area contributed by atoms with Crippen molar-refractivity contribution in [3.63, 3.8) is 0 Å². The third-order valence-electron chi connectivity index (χ3n) is 11.4. The van der Waals surface area contributed by atoms with Crippen LogP contribution in [0.25, 0.3) is 5.76 Å². The molecule has 0 unspecified atom stereocenters. The smallest absolute Gasteiger partial charge is 0.206 e. The van der Waals surface area contributed by atoms with E-state index in [1.54, 1.807) is 13.8 Å². The van der Waals surface area contributed by atoms with E-state index in [1.807, 2.05) is 26.8 Å². The van der Waals surface area contributed by atoms with Gasteiger partial charge in [0.1, 0.15) is 11.5 Å². The summed E-state index contributed by atoms with van der Waals surface area (Å²) < 4.78 is 0. The van der Waals surface area contributed by atoms with Crippen LogP contribution in [0.4, 0.5) is 0 Å². The number of fused-ring (bicyclic) bond motifs is 3. The molecule has 4 aliphatic carbocycles. The molecule has 0 aromatic heterocycles. The molecular formula is C38H48O6. The number of allylic oxidation sites excluding steroid dienone is 1. The van der Waals surface area contributed by atoms with Crippen LogP contribution in [0.15, 0.2) is 22.8 Å². The highest BCUT2D eigenvalue weighted by atomic mass is 16.3. The summed E-state index contributed by atoms with van der Waals surface area (Å²) in [5.74, 6) is 3.31. The van der Waals surface area contributed by atoms with Gasteiger partial charge in [0.15, 0.2) is 11.4 Å². The second kappa shape index (κ2) is 10.4. The minimum Gasteiger partial charge on any atom is -0.507 e. The Labute approximate surface area is 262 Å². The van der Waals surface area contributed by atoms with Gasteiger partial charge in [0.25, 0.3) is 0 Å². The summed E-state index contributed by atoms with van der Waals surface area (Å²) >= 11 is 0. The Morgan fingerprint density at radius 2 is 1.61 bits per heavy atom. The summed E-state index contributed by atoms with van der Waals surface area (Å²) in [6, 6.07) is 1.93. The van der Waals surface area contributed by atoms with Gasteiger partial charge in [-0.3, -0.25) is 14.4 Å². The van der Waals surface area contributed by atoms with Crippen LogP contribution in [0.2, 0.25) is 0 Å². The minimum absolute atomic E-state index is 0.0444. The normalized spacial score (nSPS) is 31.4. The quantitative estimate of drug-likeness (QED) is 0.193. The summed E-state index contributed by atoms with van der Waals surface area (Å²) in [5, 5.41) is 36.0. The molecule has 0 amide bonds. The minimum atomic E-state index is -2.54. The summed E-state index contributed by atoms with van der Waals surface area (Å²) in [7, 11) is 0. The molecule has 0 saturated heterocycles. The average Bonchev–Trinajstić information content (AvgIpc) is 2.90. The van der Waals surface area contributed by atoms with Crippen LogP contribution in [-0.2, 0) is 20.8 Å². The highest BCUT2D eigenvalue weighted by Gasteiger charge is 2.72. The van der Waals surface area contributed by atoms with E-state index in [-0.39, 0.29) is 46.1 Å². The Balaban J connectivity index is 1.77. The van der Waals surface area contributed by atoms with Gasteiger partial charge in [-0.05, 0) is 81.4 Å². The van der Waals surface area contributed by atoms with E-state index in [0.29, 0.717) is 17.6 Å². The molecule has 236 valence electrons. The monoisotopic (exact) mass is 600 g/mol. The number of rotatable bonds is 3. The number of carbonyl (C=O) groups excluding carboxylic acids is 3. The van der Waals surface area contributed by atoms with Gasteiger partial charge in [0.05, 0.1) is 16.7 Å². The van der Waals surface area contributed by atoms with Gasteiger partial charge in [-0.25, -0.2) is 0 Å². The fourth-order valence-electron chi connectivity index (χ4n) is 9.63. The van der Waals surface area contributed by atoms with Crippen molar-refractivity contribution in [2.45, 2.75) is 119 Å². The second-order valence-corrected chi connectivity index (χ2v) is 15.5. The molecule has 0 heterocycles. The maximum atomic E-state index is 14.7. The predicted molar refractivity (Wildman–Crippen MR) is 171 cm³/mol. The lowest BCUT2D eigenvalue weighted by Gasteiger charge is -2.60. The topological polar surface area (TPSA) is 112 Å². The first-order valence-corrected chi connectivity index (χ1v) is 16.2. The first kappa shape index (κ1) is 32.2. The van der Waals surface area contributed by atoms with E-state index in [9.17, 15) is 29.7 Å². The number of aliphatic hydroxyl groups is 2. The highest BCUT2D eigenvalue weighted by molar-refractivity contribution is 6.33. The van der Waals surface area contributed by atoms with E-state index in [4.69, 9.17) is 0 Å². The van der Waals surface area contributed by atoms with E-state index < -0.39 is 45.5 Å². The van der Waals surface area contributed by atoms with Gasteiger partial charge >= 0.3 is 0 Å². The molecule has 6 nitrogen and oxygen atoms in total. The summed E-state index contributed by atoms with van der Waals surface area (Å²) in [4.78, 5) is 41.5. The molecule has 1 aromatic carbocycles. The Morgan fingerprint density at radius 1 is 1.00 bits per heavy atom. The van der Waals surface area contributed by atoms with Crippen LogP contribution in [0.3, 0.4) is 0 Å². The number of aliphatic hydroxyl groups excluding tert-OH is 1. The second-order valence-electron chi connectivity index (χ2n) is 15.5. The molecule has 5 rings (SSSR count). The fourth-order valence-corrected chi connectivity index (χ4v) is 9.63. The lowest BCUT2D eigenvalue weighted by atomic mass is 9.42. The number of ketones is 3. The zero-order chi connectivity index (χ0) is 32.7. The number of hydrogen-bond donors (Lipinski definition) is 3. The van der Waals surface area contributed by atoms with E-state index in [1.165, 1.54) is 13.3 Å². The van der Waals surface area contributed by atoms with Crippen molar-refractivity contribution in [3.05, 3.63) is 45.0 Å². The molecule has 4 aliphatic rings. The van der Waals surface area contributed by atoms with Crippen molar-refractivity contribution < 1.29 is 29.7 Å². The van der Waals surface area contributed by atoms with Crippen LogP contribution in [0, 0.1) is 39.9 Å². The lowest BCUT2D eigenvalue weighted by Crippen LogP contribution is -2.70. The number of aromatic hydroxyl groups is 1. The Hall–Kier alpha value is -3.17. The molecule has 3 N–H and O–H groups in total. The van der Waals surface area contributed by atoms with Crippen molar-refractivity contribution in [2.75, 3.05) is 0 Å². The number of carbonyl (C=O) groups is 3. The van der Waals surface area contributed by atoms with Crippen LogP contribution in [0.1, 0.15) is 129 Å². The van der Waals surface area contributed by atoms with Crippen molar-refractivity contribution in [1.29, 1.82) is 0 Å². The molecule has 0 spiro atoms. The molecular weight excluding hydrogens is 552 g/mol. The maximum Gasteiger partial charge on any atom is 0.206 e. The summed E-state index contributed by atoms with van der Waals surface area (Å²) in [5.41, 5.74) is -2.18. The standard InChI is InChI=1S/C38H48O6/c1-20(2)25-17-24(13-16-35(7)14-11-10-12-15-35)31(40)28-26(25)18-36(8)19-37(9)29(21(3)4)22(5)27(23(6)39)33(42)38(37,44)34(43)30(36)32(28)41/h17,20-21,29,40-41,44H,10-12,14-15,18-19H2,1-9H3/t29-,36+,37+,38-/m1/s1. The van der Waals surface area contributed by atoms with Gasteiger partial charge in [-0.2, -0.15) is 0 Å². The number of phenols is 1. The van der Waals surface area contributed by atoms with Crippen LogP contribution < -0.4 is 0 Å². The fraction of sp³-hybridized carbons (Fsp3) is 0.605. The number of hydrogen-bond acceptors (Lipinski definition) is 6. The number of phenolic OH excluding ortho intramolecular Hbond substituents is 1. The van der Waals surface area contributed by atoms with Crippen molar-refractivity contribution in [2.24, 2.45) is 28.1 Å². The third-order valence-corrected chi connectivity index (χ3v) is 11.4. The van der Waals surface area contributed by atoms with Crippen molar-refractivity contribution in [1.82, 2.24) is 0 Å². The molecule has 0 radical (unpaired) electrons. The summed E-state index contributed by atoms with van der Waals surface area (Å²) in [6.45, 7) is 17.0. The van der Waals surface area contributed by atoms with E-state index in [2.05, 4.69) is 32.6 Å². The molecule has 0 aliphatic heterocycles. The van der Waals surface area contributed by atoms with Crippen LogP contribution in [-0.4, -0.2) is 38.3 Å². The zero-order valence-corrected chi connectivity index (χ0v) is 27.8. The van der Waals surface area contributed by atoms with Crippen molar-refractivity contribution in [3.8, 4) is 17.6 Å². The van der Waals surface area contributed by atoms with Gasteiger partial charge in [-0.15, -0.1) is 0 Å². The third kappa shape index (κ3) is 4.37. The number of benzene rings is 1. The molecule has 2 saturated carbocycles. The SMILES string of the molecule is CC(=O)C1=C(C)[C@@H](C(C)C)[C@]2(C)C[C@]3(C)Cc4c(C(C)C)cc(C#CC5(C)CCCCC5)c(O)c4C(O)=C3C(=O)[C@]2(O)C1=O. The molecule has 44 heavy (non-hydrogen) atoms. The molecule has 2 fully saturated rings. The Morgan fingerprint density at radius 3 is 2.16 bits per heavy atom. The predicted octanol–water partition coefficient (Wildman–Crippen LogP) is 7.14. The first-order valence-electron chi connectivity index (χ1n) is 16.2. The van der Waals surface area contributed by atoms with Gasteiger partial charge < -0.3 is 15.3 Å². The average molecular weight is 601 g/mol. The van der Waals surface area contributed by atoms with Crippen molar-refractivity contribution >= 4 is 23.1 Å². The van der Waals surface area contributed by atoms with Gasteiger partial charge in [0.2, 0.25) is 11.6 Å². The van der Waals surface area contributed by atoms with E-state index >= 15 is 0 Å². The Kier molecular flexibility index (Phi) is 7.65. The first-order chi connectivity index (χ1) is 20.3. The Bertz CT molecular complexity index is 1600. The lowest BCUT2D eigenvalue weighted by molar-refractivity contribution is -0.180. The van der Waals surface area contributed by atoms with Gasteiger partial charge in [-0.1, -0.05) is 78.2 Å². The molecule has 0 bridgehead atoms. The maximum absolute atomic E-state index is 14.7. The number of Topliss-reactive ketones (excluding diaryl/α,β-unsaturated/α-hetero) is 3. The van der Waals surface area contributed by atoms with Gasteiger partial charge in [0, 0.05) is 21.8 Å². The molecule has 1 aromatic rings. The summed E-state index contributed by atoms with van der Waals surface area (Å²) in [6.07, 6.45) is 5.98. The van der Waals surface area contributed by atoms with E-state index in [0.717, 1.165) is 36.8 Å². The van der Waals surface area contributed by atoms with Crippen LogP contribution in [0.5, 0.6) is 5.75 Å². The highest BCUT2D eigenvalue weighted by Crippen LogP contribution is 2.65. The molecule has 6 heteroatoms. The largest absolute Gasteiger partial charge is 0.507 e. The molecule has 4 atom stereocenters.